The van der Waals surface area contributed by atoms with E-state index in [1.165, 1.54) is 0 Å². The second-order valence-corrected chi connectivity index (χ2v) is 35.2. The zero-order chi connectivity index (χ0) is 90.6. The summed E-state index contributed by atoms with van der Waals surface area (Å²) >= 11 is 0. The molecule has 8 heterocycles. The zero-order valence-electron chi connectivity index (χ0n) is 72.8. The average Bonchev–Trinajstić information content (AvgIpc) is 0.723. The molecule has 664 valence electrons. The van der Waals surface area contributed by atoms with Gasteiger partial charge in [-0.1, -0.05) is 146 Å². The van der Waals surface area contributed by atoms with Crippen LogP contribution in [0.5, 0.6) is 138 Å². The van der Waals surface area contributed by atoms with Crippen molar-refractivity contribution in [1.82, 2.24) is 0 Å². The van der Waals surface area contributed by atoms with Gasteiger partial charge in [-0.05, 0) is 195 Å². The highest BCUT2D eigenvalue weighted by Crippen LogP contribution is 2.61. The van der Waals surface area contributed by atoms with Crippen LogP contribution < -0.4 is 75.8 Å². The molecule has 8 aliphatic heterocycles. The van der Waals surface area contributed by atoms with Gasteiger partial charge in [0.15, 0.2) is 25.1 Å². The molecule has 16 aromatic rings. The fraction of sp³-hybridized carbons (Fsp3) is 0.138. The van der Waals surface area contributed by atoms with Gasteiger partial charge < -0.3 is 75.8 Å². The smallest absolute Gasteiger partial charge is 0.267 e. The number of carbonyl (C=O) groups excluding carboxylic acids is 4. The third-order valence-corrected chi connectivity index (χ3v) is 26.8. The minimum atomic E-state index is -1.52. The first kappa shape index (κ1) is 81.0. The van der Waals surface area contributed by atoms with E-state index in [0.29, 0.717) is 139 Å². The van der Waals surface area contributed by atoms with Crippen LogP contribution in [0.25, 0.3) is 0 Å². The number of ether oxygens (including phenoxy) is 16. The van der Waals surface area contributed by atoms with Crippen LogP contribution in [0.15, 0.2) is 315 Å². The summed E-state index contributed by atoms with van der Waals surface area (Å²) in [5.74, 6) is 1.77. The van der Waals surface area contributed by atoms with Crippen LogP contribution in [0.2, 0.25) is 0 Å². The van der Waals surface area contributed by atoms with Gasteiger partial charge in [0.1, 0.15) is 138 Å². The number of rotatable bonds is 16. The highest BCUT2D eigenvalue weighted by molar-refractivity contribution is 5.88. The van der Waals surface area contributed by atoms with Gasteiger partial charge in [-0.3, -0.25) is 19.2 Å². The molecule has 0 saturated carbocycles. The van der Waals surface area contributed by atoms with Crippen LogP contribution in [-0.4, -0.2) is 25.1 Å². The van der Waals surface area contributed by atoms with Gasteiger partial charge in [0, 0.05) is 139 Å². The van der Waals surface area contributed by atoms with Gasteiger partial charge in [-0.2, -0.15) is 0 Å². The Labute approximate surface area is 780 Å². The fourth-order valence-corrected chi connectivity index (χ4v) is 20.3. The Bertz CT molecular complexity index is 7390. The summed E-state index contributed by atoms with van der Waals surface area (Å²) in [6.07, 6.45) is 0.712. The van der Waals surface area contributed by atoms with Gasteiger partial charge in [-0.25, -0.2) is 0 Å². The van der Waals surface area contributed by atoms with Crippen LogP contribution >= 0.6 is 0 Å². The van der Waals surface area contributed by atoms with E-state index in [4.69, 9.17) is 75.8 Å². The maximum Gasteiger partial charge on any atom is 0.267 e. The van der Waals surface area contributed by atoms with Crippen LogP contribution in [-0.2, 0) is 25.7 Å². The predicted octanol–water partition coefficient (Wildman–Crippen LogP) is 27.8. The van der Waals surface area contributed by atoms with Gasteiger partial charge in [0.05, 0.1) is 22.3 Å². The van der Waals surface area contributed by atoms with Crippen LogP contribution in [0.4, 0.5) is 0 Å². The van der Waals surface area contributed by atoms with Gasteiger partial charge in [0.25, 0.3) is 25.2 Å². The van der Waals surface area contributed by atoms with Gasteiger partial charge in [-0.15, -0.1) is 0 Å². The number of aldehydes is 4. The van der Waals surface area contributed by atoms with E-state index < -0.39 is 48.8 Å². The number of carbonyl (C=O) groups is 4. The summed E-state index contributed by atoms with van der Waals surface area (Å²) < 4.78 is 121. The molecule has 16 aromatic carbocycles. The Kier molecular flexibility index (Phi) is 20.1. The average molecular weight is 1790 g/mol. The molecule has 8 atom stereocenters. The van der Waals surface area contributed by atoms with E-state index in [1.807, 2.05) is 54.6 Å². The van der Waals surface area contributed by atoms with Crippen molar-refractivity contribution < 1.29 is 95.0 Å². The predicted molar refractivity (Wildman–Crippen MR) is 502 cm³/mol. The Balaban J connectivity index is 0.885. The molecule has 0 N–H and O–H groups in total. The summed E-state index contributed by atoms with van der Waals surface area (Å²) in [4.78, 5) is 58.1. The number of hydrogen-bond acceptors (Lipinski definition) is 20. The molecule has 0 fully saturated rings. The number of aryl methyl sites for hydroxylation is 4. The topological polar surface area (TPSA) is 216 Å². The SMILES string of the molecule is O=Cc1c2cc3cc1Oc1cccc(c1)Oc1cc4cc(c1C=O)Oc1cccc(c1)Oc1cc5cc(c1C=O)Oc1cccc(c1C=O)Oc1cc(cc(c1)C1Oc6cc7c8cc6C(CCc6ccccc6)c6cc9c(cc6O1)OC5Oc1cc5c(cc1C9CCc1ccccc1)C(CCc1ccccc1)c1cc(c(cc1OC4O5)OC3O7)C8CCc1ccccc1)Oc1cccc(c1)O2. The molecule has 0 aromatic heterocycles. The molecule has 136 heavy (non-hydrogen) atoms. The summed E-state index contributed by atoms with van der Waals surface area (Å²) in [6, 6.07) is 99.3. The molecule has 0 spiro atoms. The maximum atomic E-state index is 14.6. The Morgan fingerprint density at radius 2 is 0.390 bits per heavy atom. The standard InChI is InChI=1S/C116H80O20/c117-61-93-97-31-16-32-98(93)128-104-48-72-47-103(96(104)64-120)126-78-30-15-29-77(51-78)125-102-46-71-45-101(95(102)63-119)124-76-28-14-27-75(50-76)123-100-44-70-43-99(94(100)62-118)122-74-26-13-25-73(49-74)121-79-41-69(42-80(52-79)127-97)113-129-105-57-107-87-53-85(105)81(37-33-65-17-5-1-6-18-65)86-54-88-83(39-35-67-21-9-3-10-22-67)92-56-91-84(40-36-68-23-11-4-12-24-68)90-55-89(82(87)38-34-66-19-7-2-8-20-66)109(132-114(70)131-107)59-110(90)133-115(71)134-111(91)60-112(92)136-116(72)135-108(88)58-106(86)130-113/h1-32,41-64,81-84,113-116H,33-40H2. The largest absolute Gasteiger partial charge is 0.457 e. The number of fused-ring (bicyclic) bond motifs is 16. The normalized spacial score (nSPS) is 18.1. The molecule has 20 nitrogen and oxygen atoms in total. The minimum Gasteiger partial charge on any atom is -0.457 e. The molecule has 0 radical (unpaired) electrons. The van der Waals surface area contributed by atoms with E-state index in [2.05, 4.69) is 121 Å². The first-order valence-electron chi connectivity index (χ1n) is 45.6. The molecule has 1 aliphatic carbocycles. The van der Waals surface area contributed by atoms with Gasteiger partial charge in [0.2, 0.25) is 0 Å². The first-order valence-corrected chi connectivity index (χ1v) is 45.6. The van der Waals surface area contributed by atoms with E-state index in [1.54, 1.807) is 140 Å². The molecule has 40 bridgehead atoms. The van der Waals surface area contributed by atoms with Gasteiger partial charge >= 0.3 is 0 Å². The molecule has 0 saturated heterocycles. The molecular formula is C116H80O20. The second kappa shape index (κ2) is 33.7. The molecular weight excluding hydrogens is 1710 g/mol. The van der Waals surface area contributed by atoms with Crippen molar-refractivity contribution in [2.75, 3.05) is 0 Å². The first-order chi connectivity index (χ1) is 67.0. The lowest BCUT2D eigenvalue weighted by Crippen LogP contribution is -2.26. The lowest BCUT2D eigenvalue weighted by atomic mass is 9.75. The molecule has 8 unspecified atom stereocenters. The summed E-state index contributed by atoms with van der Waals surface area (Å²) in [6.45, 7) is 0. The third-order valence-electron chi connectivity index (χ3n) is 26.8. The van der Waals surface area contributed by atoms with Crippen molar-refractivity contribution in [2.24, 2.45) is 0 Å². The second-order valence-electron chi connectivity index (χ2n) is 35.2. The molecule has 20 heteroatoms. The van der Waals surface area contributed by atoms with E-state index in [9.17, 15) is 19.2 Å². The van der Waals surface area contributed by atoms with Crippen LogP contribution in [0.3, 0.4) is 0 Å². The van der Waals surface area contributed by atoms with Crippen molar-refractivity contribution in [1.29, 1.82) is 0 Å². The molecule has 0 amide bonds. The summed E-state index contributed by atoms with van der Waals surface area (Å²) in [7, 11) is 0. The van der Waals surface area contributed by atoms with Crippen LogP contribution in [0.1, 0.15) is 205 Å². The zero-order valence-corrected chi connectivity index (χ0v) is 72.8. The quantitative estimate of drug-likeness (QED) is 0.0822. The Hall–Kier alpha value is -17.0. The van der Waals surface area contributed by atoms with E-state index in [0.717, 1.165) is 66.8 Å². The lowest BCUT2D eigenvalue weighted by Gasteiger charge is -2.38. The molecule has 9 aliphatic rings. The molecule has 25 rings (SSSR count). The van der Waals surface area contributed by atoms with Crippen LogP contribution in [0, 0.1) is 0 Å². The van der Waals surface area contributed by atoms with Crippen molar-refractivity contribution in [3.8, 4) is 138 Å². The Morgan fingerprint density at radius 1 is 0.176 bits per heavy atom. The summed E-state index contributed by atoms with van der Waals surface area (Å²) in [5, 5.41) is 0. The Morgan fingerprint density at radius 3 is 0.662 bits per heavy atom. The minimum absolute atomic E-state index is 0.00180. The lowest BCUT2D eigenvalue weighted by molar-refractivity contribution is -0.0123. The number of hydrogen-bond donors (Lipinski definition) is 0. The van der Waals surface area contributed by atoms with E-state index in [-0.39, 0.29) is 120 Å². The van der Waals surface area contributed by atoms with Crippen molar-refractivity contribution in [2.45, 2.75) is 100 Å². The maximum absolute atomic E-state index is 14.6. The van der Waals surface area contributed by atoms with Crippen molar-refractivity contribution in [3.05, 3.63) is 427 Å². The van der Waals surface area contributed by atoms with Crippen molar-refractivity contribution in [3.63, 3.8) is 0 Å². The van der Waals surface area contributed by atoms with E-state index >= 15 is 0 Å². The number of benzene rings is 16. The summed E-state index contributed by atoms with van der Waals surface area (Å²) in [5.41, 5.74) is 11.5. The fourth-order valence-electron chi connectivity index (χ4n) is 20.3. The highest BCUT2D eigenvalue weighted by Gasteiger charge is 2.44. The monoisotopic (exact) mass is 1790 g/mol. The highest BCUT2D eigenvalue weighted by atomic mass is 16.7. The van der Waals surface area contributed by atoms with Crippen molar-refractivity contribution >= 4 is 25.1 Å². The third kappa shape index (κ3) is 15.1.